The quantitative estimate of drug-likeness (QED) is 0.557. The lowest BCUT2D eigenvalue weighted by Crippen LogP contribution is -2.50. The Kier molecular flexibility index (Phi) is 6.09. The smallest absolute Gasteiger partial charge is 0.274 e. The number of thiophene rings is 1. The molecule has 0 saturated carbocycles. The summed E-state index contributed by atoms with van der Waals surface area (Å²) >= 11 is 7.12. The number of sulfonamides is 1. The minimum atomic E-state index is -3.50. The Morgan fingerprint density at radius 1 is 1.13 bits per heavy atom. The number of carbonyl (C=O) groups excluding carboxylic acids is 1. The van der Waals surface area contributed by atoms with Crippen molar-refractivity contribution < 1.29 is 17.9 Å². The predicted molar refractivity (Wildman–Crippen MR) is 113 cm³/mol. The van der Waals surface area contributed by atoms with E-state index < -0.39 is 10.0 Å². The van der Waals surface area contributed by atoms with Crippen LogP contribution in [0.3, 0.4) is 0 Å². The molecule has 1 aliphatic rings. The van der Waals surface area contributed by atoms with Crippen LogP contribution in [0.25, 0.3) is 0 Å². The van der Waals surface area contributed by atoms with Crippen LogP contribution in [0.15, 0.2) is 58.3 Å². The van der Waals surface area contributed by atoms with Crippen molar-refractivity contribution in [2.24, 2.45) is 0 Å². The Morgan fingerprint density at radius 2 is 1.93 bits per heavy atom. The van der Waals surface area contributed by atoms with Crippen molar-refractivity contribution >= 4 is 38.9 Å². The zero-order valence-corrected chi connectivity index (χ0v) is 18.2. The number of piperazine rings is 1. The molecular formula is C19H19ClN4O4S2. The number of amides is 1. The van der Waals surface area contributed by atoms with Crippen LogP contribution in [0.5, 0.6) is 5.75 Å². The van der Waals surface area contributed by atoms with Gasteiger partial charge >= 0.3 is 0 Å². The molecule has 0 radical (unpaired) electrons. The molecule has 2 aromatic heterocycles. The molecule has 1 amide bonds. The summed E-state index contributed by atoms with van der Waals surface area (Å²) in [4.78, 5) is 14.4. The van der Waals surface area contributed by atoms with Crippen LogP contribution in [-0.4, -0.2) is 59.5 Å². The molecule has 3 heterocycles. The molecule has 1 saturated heterocycles. The van der Waals surface area contributed by atoms with E-state index in [1.807, 2.05) is 0 Å². The van der Waals surface area contributed by atoms with Gasteiger partial charge in [0, 0.05) is 37.4 Å². The van der Waals surface area contributed by atoms with Crippen molar-refractivity contribution in [3.63, 3.8) is 0 Å². The average molecular weight is 467 g/mol. The molecule has 1 aromatic carbocycles. The lowest BCUT2D eigenvalue weighted by atomic mass is 10.3. The monoisotopic (exact) mass is 466 g/mol. The van der Waals surface area contributed by atoms with E-state index in [9.17, 15) is 13.2 Å². The summed E-state index contributed by atoms with van der Waals surface area (Å²) in [7, 11) is -3.50. The van der Waals surface area contributed by atoms with Gasteiger partial charge < -0.3 is 9.64 Å². The molecule has 11 heteroatoms. The summed E-state index contributed by atoms with van der Waals surface area (Å²) in [5.74, 6) is 0.374. The second-order valence-corrected chi connectivity index (χ2v) is 10.1. The van der Waals surface area contributed by atoms with E-state index in [1.165, 1.54) is 20.3 Å². The number of benzene rings is 1. The highest BCUT2D eigenvalue weighted by molar-refractivity contribution is 7.91. The molecule has 1 fully saturated rings. The van der Waals surface area contributed by atoms with E-state index in [0.29, 0.717) is 33.8 Å². The maximum atomic E-state index is 12.7. The Labute approximate surface area is 183 Å². The average Bonchev–Trinajstić information content (AvgIpc) is 3.44. The number of hydrogen-bond acceptors (Lipinski definition) is 6. The van der Waals surface area contributed by atoms with E-state index in [1.54, 1.807) is 58.9 Å². The van der Waals surface area contributed by atoms with Gasteiger partial charge in [0.2, 0.25) is 0 Å². The molecule has 0 unspecified atom stereocenters. The molecular weight excluding hydrogens is 448 g/mol. The van der Waals surface area contributed by atoms with Crippen molar-refractivity contribution in [2.45, 2.75) is 10.9 Å². The van der Waals surface area contributed by atoms with Crippen LogP contribution < -0.4 is 4.74 Å². The first-order valence-corrected chi connectivity index (χ1v) is 11.9. The predicted octanol–water partition coefficient (Wildman–Crippen LogP) is 2.78. The molecule has 0 bridgehead atoms. The van der Waals surface area contributed by atoms with Gasteiger partial charge in [-0.15, -0.1) is 11.3 Å². The summed E-state index contributed by atoms with van der Waals surface area (Å²) in [5.41, 5.74) is 0.291. The molecule has 158 valence electrons. The molecule has 4 rings (SSSR count). The summed E-state index contributed by atoms with van der Waals surface area (Å²) in [6, 6.07) is 11.9. The molecule has 0 spiro atoms. The first-order valence-electron chi connectivity index (χ1n) is 9.18. The number of hydrogen-bond donors (Lipinski definition) is 0. The molecule has 3 aromatic rings. The fourth-order valence-corrected chi connectivity index (χ4v) is 5.82. The van der Waals surface area contributed by atoms with Gasteiger partial charge in [0.25, 0.3) is 15.9 Å². The summed E-state index contributed by atoms with van der Waals surface area (Å²) in [6.07, 6.45) is 1.66. The van der Waals surface area contributed by atoms with Gasteiger partial charge in [-0.05, 0) is 35.7 Å². The Bertz CT molecular complexity index is 1120. The largest absolute Gasteiger partial charge is 0.471 e. The van der Waals surface area contributed by atoms with Gasteiger partial charge in [0.05, 0.1) is 0 Å². The summed E-state index contributed by atoms with van der Waals surface area (Å²) in [5, 5.41) is 6.58. The van der Waals surface area contributed by atoms with E-state index >= 15 is 0 Å². The molecule has 1 aliphatic heterocycles. The van der Waals surface area contributed by atoms with Gasteiger partial charge in [-0.1, -0.05) is 23.7 Å². The van der Waals surface area contributed by atoms with Gasteiger partial charge in [0.1, 0.15) is 9.96 Å². The lowest BCUT2D eigenvalue weighted by Gasteiger charge is -2.33. The zero-order chi connectivity index (χ0) is 21.1. The highest BCUT2D eigenvalue weighted by atomic mass is 35.5. The van der Waals surface area contributed by atoms with Crippen LogP contribution in [0.4, 0.5) is 0 Å². The standard InChI is InChI=1S/C19H19ClN4O4S2/c20-15-3-1-4-16(13-15)28-14-23-7-6-17(21-23)19(25)22-8-10-24(11-9-22)30(26,27)18-5-2-12-29-18/h1-7,12-13H,8-11,14H2. The van der Waals surface area contributed by atoms with E-state index in [4.69, 9.17) is 16.3 Å². The topological polar surface area (TPSA) is 84.7 Å². The number of aromatic nitrogens is 2. The molecule has 0 atom stereocenters. The van der Waals surface area contributed by atoms with Crippen molar-refractivity contribution in [2.75, 3.05) is 26.2 Å². The number of carbonyl (C=O) groups is 1. The normalized spacial score (nSPS) is 15.3. The fourth-order valence-electron chi connectivity index (χ4n) is 3.08. The van der Waals surface area contributed by atoms with Crippen LogP contribution >= 0.6 is 22.9 Å². The van der Waals surface area contributed by atoms with Crippen molar-refractivity contribution in [3.05, 3.63) is 64.8 Å². The van der Waals surface area contributed by atoms with Gasteiger partial charge in [-0.25, -0.2) is 13.1 Å². The van der Waals surface area contributed by atoms with Crippen molar-refractivity contribution in [1.82, 2.24) is 19.0 Å². The Balaban J connectivity index is 1.33. The van der Waals surface area contributed by atoms with Crippen LogP contribution in [0, 0.1) is 0 Å². The maximum absolute atomic E-state index is 12.7. The van der Waals surface area contributed by atoms with Gasteiger partial charge in [-0.3, -0.25) is 4.79 Å². The molecule has 30 heavy (non-hydrogen) atoms. The first-order chi connectivity index (χ1) is 14.4. The maximum Gasteiger partial charge on any atom is 0.274 e. The molecule has 0 N–H and O–H groups in total. The van der Waals surface area contributed by atoms with Crippen molar-refractivity contribution in [1.29, 1.82) is 0 Å². The van der Waals surface area contributed by atoms with Crippen molar-refractivity contribution in [3.8, 4) is 5.75 Å². The number of nitrogens with zero attached hydrogens (tertiary/aromatic N) is 4. The van der Waals surface area contributed by atoms with Gasteiger partial charge in [-0.2, -0.15) is 9.40 Å². The highest BCUT2D eigenvalue weighted by Crippen LogP contribution is 2.22. The third-order valence-electron chi connectivity index (χ3n) is 4.63. The molecule has 8 nitrogen and oxygen atoms in total. The number of rotatable bonds is 6. The molecule has 0 aliphatic carbocycles. The summed E-state index contributed by atoms with van der Waals surface area (Å²) < 4.78 is 34.1. The Hall–Kier alpha value is -2.40. The van der Waals surface area contributed by atoms with E-state index in [2.05, 4.69) is 5.10 Å². The zero-order valence-electron chi connectivity index (χ0n) is 15.8. The number of halogens is 1. The minimum Gasteiger partial charge on any atom is -0.471 e. The van der Waals surface area contributed by atoms with E-state index in [-0.39, 0.29) is 25.7 Å². The minimum absolute atomic E-state index is 0.139. The third-order valence-corrected chi connectivity index (χ3v) is 8.14. The van der Waals surface area contributed by atoms with Gasteiger partial charge in [0.15, 0.2) is 12.4 Å². The van der Waals surface area contributed by atoms with E-state index in [0.717, 1.165) is 0 Å². The first kappa shape index (κ1) is 20.9. The number of ether oxygens (including phenoxy) is 1. The fraction of sp³-hybridized carbons (Fsp3) is 0.263. The highest BCUT2D eigenvalue weighted by Gasteiger charge is 2.31. The van der Waals surface area contributed by atoms with Crippen LogP contribution in [-0.2, 0) is 16.8 Å². The van der Waals surface area contributed by atoms with Crippen LogP contribution in [0.1, 0.15) is 10.5 Å². The third kappa shape index (κ3) is 4.51. The lowest BCUT2D eigenvalue weighted by molar-refractivity contribution is 0.0690. The van der Waals surface area contributed by atoms with Crippen LogP contribution in [0.2, 0.25) is 5.02 Å². The summed E-state index contributed by atoms with van der Waals surface area (Å²) in [6.45, 7) is 1.28. The Morgan fingerprint density at radius 3 is 2.63 bits per heavy atom. The second-order valence-electron chi connectivity index (χ2n) is 6.60. The second kappa shape index (κ2) is 8.76. The SMILES string of the molecule is O=C(c1ccn(COc2cccc(Cl)c2)n1)N1CCN(S(=O)(=O)c2cccs2)CC1.